The lowest BCUT2D eigenvalue weighted by Crippen LogP contribution is -2.23. The molecule has 0 saturated carbocycles. The third-order valence-corrected chi connectivity index (χ3v) is 4.20. The van der Waals surface area contributed by atoms with E-state index in [-0.39, 0.29) is 17.6 Å². The van der Waals surface area contributed by atoms with Crippen molar-refractivity contribution < 1.29 is 18.7 Å². The average Bonchev–Trinajstić information content (AvgIpc) is 2.75. The highest BCUT2D eigenvalue weighted by Gasteiger charge is 2.09. The van der Waals surface area contributed by atoms with E-state index in [1.807, 2.05) is 6.92 Å². The summed E-state index contributed by atoms with van der Waals surface area (Å²) in [7, 11) is 0. The van der Waals surface area contributed by atoms with Gasteiger partial charge < -0.3 is 15.4 Å². The van der Waals surface area contributed by atoms with Crippen LogP contribution in [0.5, 0.6) is 5.75 Å². The molecule has 3 rings (SSSR count). The maximum absolute atomic E-state index is 12.9. The number of nitrogens with one attached hydrogen (secondary N) is 2. The lowest BCUT2D eigenvalue weighted by molar-refractivity contribution is 0.0949. The van der Waals surface area contributed by atoms with Gasteiger partial charge in [0.15, 0.2) is 0 Å². The molecule has 29 heavy (non-hydrogen) atoms. The Kier molecular flexibility index (Phi) is 6.58. The number of amides is 2. The molecule has 0 atom stereocenters. The predicted molar refractivity (Wildman–Crippen MR) is 110 cm³/mol. The van der Waals surface area contributed by atoms with Gasteiger partial charge in [0.05, 0.1) is 6.61 Å². The van der Waals surface area contributed by atoms with Crippen molar-refractivity contribution in [3.8, 4) is 5.75 Å². The van der Waals surface area contributed by atoms with Crippen molar-refractivity contribution in [1.82, 2.24) is 5.32 Å². The fraction of sp³-hybridized carbons (Fsp3) is 0.130. The van der Waals surface area contributed by atoms with Crippen LogP contribution in [0.4, 0.5) is 10.1 Å². The van der Waals surface area contributed by atoms with Crippen LogP contribution in [0.15, 0.2) is 72.8 Å². The number of hydrogen-bond donors (Lipinski definition) is 2. The van der Waals surface area contributed by atoms with Crippen molar-refractivity contribution in [3.05, 3.63) is 95.3 Å². The number of anilines is 1. The molecule has 3 aromatic carbocycles. The van der Waals surface area contributed by atoms with Gasteiger partial charge in [-0.05, 0) is 73.2 Å². The van der Waals surface area contributed by atoms with E-state index in [0.717, 1.165) is 11.3 Å². The molecule has 2 amide bonds. The molecule has 0 fully saturated rings. The smallest absolute Gasteiger partial charge is 0.255 e. The van der Waals surface area contributed by atoms with Crippen LogP contribution >= 0.6 is 0 Å². The van der Waals surface area contributed by atoms with E-state index in [4.69, 9.17) is 4.74 Å². The van der Waals surface area contributed by atoms with Crippen molar-refractivity contribution in [2.45, 2.75) is 13.5 Å². The Bertz CT molecular complexity index is 969. The molecule has 0 aliphatic rings. The Hall–Kier alpha value is -3.67. The number of rotatable bonds is 7. The predicted octanol–water partition coefficient (Wildman–Crippen LogP) is 4.41. The molecule has 3 aromatic rings. The minimum Gasteiger partial charge on any atom is -0.494 e. The molecule has 2 N–H and O–H groups in total. The molecule has 0 unspecified atom stereocenters. The summed E-state index contributed by atoms with van der Waals surface area (Å²) in [6, 6.07) is 19.4. The first kappa shape index (κ1) is 20.1. The van der Waals surface area contributed by atoms with Crippen molar-refractivity contribution in [2.75, 3.05) is 11.9 Å². The van der Waals surface area contributed by atoms with E-state index < -0.39 is 0 Å². The summed E-state index contributed by atoms with van der Waals surface area (Å²) in [6.45, 7) is 2.77. The largest absolute Gasteiger partial charge is 0.494 e. The summed E-state index contributed by atoms with van der Waals surface area (Å²) in [4.78, 5) is 24.6. The molecule has 0 saturated heterocycles. The van der Waals surface area contributed by atoms with Gasteiger partial charge in [0.1, 0.15) is 11.6 Å². The standard InChI is InChI=1S/C23H21FN2O3/c1-2-29-21-13-11-20(12-14-21)26-23(28)18-7-5-17(6-8-18)22(27)25-15-16-3-9-19(24)10-4-16/h3-14H,2,15H2,1H3,(H,25,27)(H,26,28). The molecular formula is C23H21FN2O3. The van der Waals surface area contributed by atoms with Gasteiger partial charge in [-0.25, -0.2) is 4.39 Å². The minimum absolute atomic E-state index is 0.271. The molecule has 0 bridgehead atoms. The Morgan fingerprint density at radius 2 is 1.41 bits per heavy atom. The van der Waals surface area contributed by atoms with Crippen molar-refractivity contribution in [3.63, 3.8) is 0 Å². The van der Waals surface area contributed by atoms with Gasteiger partial charge in [-0.15, -0.1) is 0 Å². The number of halogens is 1. The van der Waals surface area contributed by atoms with Crippen LogP contribution in [0.3, 0.4) is 0 Å². The van der Waals surface area contributed by atoms with Gasteiger partial charge >= 0.3 is 0 Å². The highest BCUT2D eigenvalue weighted by atomic mass is 19.1. The maximum Gasteiger partial charge on any atom is 0.255 e. The van der Waals surface area contributed by atoms with Crippen LogP contribution < -0.4 is 15.4 Å². The van der Waals surface area contributed by atoms with Crippen molar-refractivity contribution in [2.24, 2.45) is 0 Å². The maximum atomic E-state index is 12.9. The lowest BCUT2D eigenvalue weighted by atomic mass is 10.1. The molecule has 6 heteroatoms. The number of carbonyl (C=O) groups is 2. The SMILES string of the molecule is CCOc1ccc(NC(=O)c2ccc(C(=O)NCc3ccc(F)cc3)cc2)cc1. The van der Waals surface area contributed by atoms with Crippen LogP contribution in [0.25, 0.3) is 0 Å². The van der Waals surface area contributed by atoms with Gasteiger partial charge in [0.25, 0.3) is 11.8 Å². The second-order valence-corrected chi connectivity index (χ2v) is 6.30. The zero-order valence-corrected chi connectivity index (χ0v) is 15.9. The number of hydrogen-bond acceptors (Lipinski definition) is 3. The van der Waals surface area contributed by atoms with Gasteiger partial charge in [0, 0.05) is 23.4 Å². The molecule has 0 aromatic heterocycles. The molecule has 0 heterocycles. The normalized spacial score (nSPS) is 10.3. The average molecular weight is 392 g/mol. The zero-order chi connectivity index (χ0) is 20.6. The third-order valence-electron chi connectivity index (χ3n) is 4.20. The zero-order valence-electron chi connectivity index (χ0n) is 15.9. The summed E-state index contributed by atoms with van der Waals surface area (Å²) < 4.78 is 18.3. The van der Waals surface area contributed by atoms with Gasteiger partial charge in [-0.1, -0.05) is 12.1 Å². The summed E-state index contributed by atoms with van der Waals surface area (Å²) in [5.41, 5.74) is 2.32. The minimum atomic E-state index is -0.320. The fourth-order valence-corrected chi connectivity index (χ4v) is 2.66. The monoisotopic (exact) mass is 392 g/mol. The Morgan fingerprint density at radius 3 is 2.00 bits per heavy atom. The van der Waals surface area contributed by atoms with E-state index >= 15 is 0 Å². The molecule has 148 valence electrons. The van der Waals surface area contributed by atoms with Gasteiger partial charge in [-0.2, -0.15) is 0 Å². The molecule has 0 radical (unpaired) electrons. The number of ether oxygens (including phenoxy) is 1. The first-order valence-electron chi connectivity index (χ1n) is 9.22. The van der Waals surface area contributed by atoms with E-state index in [1.54, 1.807) is 60.7 Å². The summed E-state index contributed by atoms with van der Waals surface area (Å²) in [6.07, 6.45) is 0. The molecule has 5 nitrogen and oxygen atoms in total. The topological polar surface area (TPSA) is 67.4 Å². The number of carbonyl (C=O) groups excluding carboxylic acids is 2. The second-order valence-electron chi connectivity index (χ2n) is 6.30. The molecule has 0 aliphatic carbocycles. The van der Waals surface area contributed by atoms with E-state index in [2.05, 4.69) is 10.6 Å². The summed E-state index contributed by atoms with van der Waals surface area (Å²) in [5.74, 6) is -0.124. The highest BCUT2D eigenvalue weighted by molar-refractivity contribution is 6.05. The van der Waals surface area contributed by atoms with Crippen molar-refractivity contribution in [1.29, 1.82) is 0 Å². The van der Waals surface area contributed by atoms with E-state index in [1.165, 1.54) is 12.1 Å². The highest BCUT2D eigenvalue weighted by Crippen LogP contribution is 2.16. The lowest BCUT2D eigenvalue weighted by Gasteiger charge is -2.08. The van der Waals surface area contributed by atoms with Crippen LogP contribution in [-0.4, -0.2) is 18.4 Å². The van der Waals surface area contributed by atoms with Crippen LogP contribution in [-0.2, 0) is 6.54 Å². The Morgan fingerprint density at radius 1 is 0.828 bits per heavy atom. The quantitative estimate of drug-likeness (QED) is 0.626. The number of benzene rings is 3. The Balaban J connectivity index is 1.56. The van der Waals surface area contributed by atoms with Crippen molar-refractivity contribution >= 4 is 17.5 Å². The van der Waals surface area contributed by atoms with Gasteiger partial charge in [0.2, 0.25) is 0 Å². The molecule has 0 aliphatic heterocycles. The van der Waals surface area contributed by atoms with Crippen LogP contribution in [0.2, 0.25) is 0 Å². The van der Waals surface area contributed by atoms with Crippen LogP contribution in [0.1, 0.15) is 33.2 Å². The summed E-state index contributed by atoms with van der Waals surface area (Å²) in [5, 5.41) is 5.57. The first-order valence-corrected chi connectivity index (χ1v) is 9.22. The first-order chi connectivity index (χ1) is 14.0. The van der Waals surface area contributed by atoms with E-state index in [0.29, 0.717) is 30.0 Å². The Labute approximate surface area is 168 Å². The summed E-state index contributed by atoms with van der Waals surface area (Å²) >= 11 is 0. The van der Waals surface area contributed by atoms with E-state index in [9.17, 15) is 14.0 Å². The van der Waals surface area contributed by atoms with Gasteiger partial charge in [-0.3, -0.25) is 9.59 Å². The second kappa shape index (κ2) is 9.50. The third kappa shape index (κ3) is 5.65. The fourth-order valence-electron chi connectivity index (χ4n) is 2.66. The van der Waals surface area contributed by atoms with Crippen LogP contribution in [0, 0.1) is 5.82 Å². The molecule has 0 spiro atoms. The molecular weight excluding hydrogens is 371 g/mol.